The number of carbonyl (C=O) groups excluding carboxylic acids is 1. The lowest BCUT2D eigenvalue weighted by Crippen LogP contribution is -2.39. The second kappa shape index (κ2) is 8.08. The Labute approximate surface area is 143 Å². The van der Waals surface area contributed by atoms with Crippen LogP contribution in [0.25, 0.3) is 0 Å². The SMILES string of the molecule is CC(=O)Nc1ccc([C@H]2CN(CCc3ccccc3)CCO2)cc1. The molecular weight excluding hydrogens is 300 g/mol. The number of morpholine rings is 1. The van der Waals surface area contributed by atoms with Crippen molar-refractivity contribution in [2.75, 3.05) is 31.6 Å². The van der Waals surface area contributed by atoms with Crippen molar-refractivity contribution in [2.24, 2.45) is 0 Å². The van der Waals surface area contributed by atoms with Crippen LogP contribution in [0.1, 0.15) is 24.2 Å². The van der Waals surface area contributed by atoms with Crippen molar-refractivity contribution in [1.29, 1.82) is 0 Å². The van der Waals surface area contributed by atoms with Gasteiger partial charge in [-0.15, -0.1) is 0 Å². The third kappa shape index (κ3) is 4.66. The second-order valence-corrected chi connectivity index (χ2v) is 6.20. The first-order valence-corrected chi connectivity index (χ1v) is 8.46. The van der Waals surface area contributed by atoms with Gasteiger partial charge in [0.05, 0.1) is 12.7 Å². The van der Waals surface area contributed by atoms with E-state index in [4.69, 9.17) is 4.74 Å². The molecule has 1 atom stereocenters. The zero-order valence-corrected chi connectivity index (χ0v) is 14.1. The smallest absolute Gasteiger partial charge is 0.221 e. The third-order valence-corrected chi connectivity index (χ3v) is 4.31. The van der Waals surface area contributed by atoms with Gasteiger partial charge in [0.15, 0.2) is 0 Å². The number of anilines is 1. The minimum absolute atomic E-state index is 0.0521. The number of nitrogens with zero attached hydrogens (tertiary/aromatic N) is 1. The fourth-order valence-electron chi connectivity index (χ4n) is 3.02. The van der Waals surface area contributed by atoms with E-state index in [1.165, 1.54) is 12.5 Å². The van der Waals surface area contributed by atoms with E-state index >= 15 is 0 Å². The van der Waals surface area contributed by atoms with E-state index in [9.17, 15) is 4.79 Å². The first-order chi connectivity index (χ1) is 11.7. The van der Waals surface area contributed by atoms with E-state index in [-0.39, 0.29) is 12.0 Å². The van der Waals surface area contributed by atoms with Crippen LogP contribution in [0.3, 0.4) is 0 Å². The third-order valence-electron chi connectivity index (χ3n) is 4.31. The summed E-state index contributed by atoms with van der Waals surface area (Å²) in [6, 6.07) is 18.5. The average molecular weight is 324 g/mol. The van der Waals surface area contributed by atoms with Crippen LogP contribution in [0.2, 0.25) is 0 Å². The number of hydrogen-bond donors (Lipinski definition) is 1. The molecule has 1 N–H and O–H groups in total. The molecule has 1 heterocycles. The van der Waals surface area contributed by atoms with E-state index in [1.807, 2.05) is 24.3 Å². The minimum atomic E-state index is -0.0521. The summed E-state index contributed by atoms with van der Waals surface area (Å²) in [5.74, 6) is -0.0521. The average Bonchev–Trinajstić information content (AvgIpc) is 2.61. The molecule has 0 bridgehead atoms. The first kappa shape index (κ1) is 16.7. The molecule has 2 aromatic rings. The number of rotatable bonds is 5. The van der Waals surface area contributed by atoms with Gasteiger partial charge in [0.1, 0.15) is 0 Å². The maximum absolute atomic E-state index is 11.1. The van der Waals surface area contributed by atoms with E-state index < -0.39 is 0 Å². The minimum Gasteiger partial charge on any atom is -0.371 e. The Morgan fingerprint density at radius 3 is 2.62 bits per heavy atom. The molecule has 3 rings (SSSR count). The lowest BCUT2D eigenvalue weighted by atomic mass is 10.1. The van der Waals surface area contributed by atoms with Crippen LogP contribution in [0.5, 0.6) is 0 Å². The summed E-state index contributed by atoms with van der Waals surface area (Å²) >= 11 is 0. The van der Waals surface area contributed by atoms with Crippen LogP contribution in [0.15, 0.2) is 54.6 Å². The molecule has 24 heavy (non-hydrogen) atoms. The molecule has 126 valence electrons. The molecule has 4 nitrogen and oxygen atoms in total. The van der Waals surface area contributed by atoms with Gasteiger partial charge >= 0.3 is 0 Å². The maximum Gasteiger partial charge on any atom is 0.221 e. The molecule has 2 aromatic carbocycles. The normalized spacial score (nSPS) is 18.3. The van der Waals surface area contributed by atoms with Crippen molar-refractivity contribution in [3.63, 3.8) is 0 Å². The quantitative estimate of drug-likeness (QED) is 0.918. The highest BCUT2D eigenvalue weighted by atomic mass is 16.5. The molecule has 1 amide bonds. The predicted molar refractivity (Wildman–Crippen MR) is 96.0 cm³/mol. The maximum atomic E-state index is 11.1. The molecule has 1 aliphatic rings. The Hall–Kier alpha value is -2.17. The van der Waals surface area contributed by atoms with Gasteiger partial charge in [-0.2, -0.15) is 0 Å². The molecule has 0 aliphatic carbocycles. The number of hydrogen-bond acceptors (Lipinski definition) is 3. The molecule has 0 radical (unpaired) electrons. The first-order valence-electron chi connectivity index (χ1n) is 8.46. The molecule has 0 aromatic heterocycles. The van der Waals surface area contributed by atoms with Crippen molar-refractivity contribution in [1.82, 2.24) is 4.90 Å². The summed E-state index contributed by atoms with van der Waals surface area (Å²) in [5.41, 5.74) is 3.36. The Kier molecular flexibility index (Phi) is 5.62. The number of carbonyl (C=O) groups is 1. The van der Waals surface area contributed by atoms with Crippen molar-refractivity contribution in [2.45, 2.75) is 19.4 Å². The fraction of sp³-hybridized carbons (Fsp3) is 0.350. The monoisotopic (exact) mass is 324 g/mol. The molecule has 1 saturated heterocycles. The summed E-state index contributed by atoms with van der Waals surface area (Å²) in [6.45, 7) is 5.21. The van der Waals surface area contributed by atoms with Gasteiger partial charge in [-0.05, 0) is 29.7 Å². The van der Waals surface area contributed by atoms with Crippen LogP contribution in [0.4, 0.5) is 5.69 Å². The second-order valence-electron chi connectivity index (χ2n) is 6.20. The molecule has 1 aliphatic heterocycles. The number of benzene rings is 2. The highest BCUT2D eigenvalue weighted by Crippen LogP contribution is 2.23. The number of ether oxygens (including phenoxy) is 1. The summed E-state index contributed by atoms with van der Waals surface area (Å²) in [4.78, 5) is 13.6. The van der Waals surface area contributed by atoms with Crippen molar-refractivity contribution >= 4 is 11.6 Å². The summed E-state index contributed by atoms with van der Waals surface area (Å²) in [7, 11) is 0. The Morgan fingerprint density at radius 2 is 1.92 bits per heavy atom. The molecular formula is C20H24N2O2. The Bertz CT molecular complexity index is 655. The van der Waals surface area contributed by atoms with Gasteiger partial charge < -0.3 is 10.1 Å². The Balaban J connectivity index is 1.56. The largest absolute Gasteiger partial charge is 0.371 e. The lowest BCUT2D eigenvalue weighted by Gasteiger charge is -2.33. The van der Waals surface area contributed by atoms with Gasteiger partial charge in [0.25, 0.3) is 0 Å². The molecule has 0 saturated carbocycles. The summed E-state index contributed by atoms with van der Waals surface area (Å²) < 4.78 is 5.94. The molecule has 0 unspecified atom stereocenters. The highest BCUT2D eigenvalue weighted by Gasteiger charge is 2.21. The predicted octanol–water partition coefficient (Wildman–Crippen LogP) is 3.26. The molecule has 0 spiro atoms. The van der Waals surface area contributed by atoms with Crippen LogP contribution in [-0.4, -0.2) is 37.0 Å². The summed E-state index contributed by atoms with van der Waals surface area (Å²) in [5, 5.41) is 2.79. The Morgan fingerprint density at radius 1 is 1.17 bits per heavy atom. The van der Waals surface area contributed by atoms with Crippen LogP contribution >= 0.6 is 0 Å². The van der Waals surface area contributed by atoms with E-state index in [0.29, 0.717) is 0 Å². The van der Waals surface area contributed by atoms with Crippen LogP contribution in [0, 0.1) is 0 Å². The van der Waals surface area contributed by atoms with Gasteiger partial charge in [-0.3, -0.25) is 9.69 Å². The lowest BCUT2D eigenvalue weighted by molar-refractivity contribution is -0.114. The van der Waals surface area contributed by atoms with E-state index in [0.717, 1.165) is 43.9 Å². The van der Waals surface area contributed by atoms with Crippen molar-refractivity contribution in [3.05, 3.63) is 65.7 Å². The number of nitrogens with one attached hydrogen (secondary N) is 1. The van der Waals surface area contributed by atoms with Gasteiger partial charge in [-0.25, -0.2) is 0 Å². The van der Waals surface area contributed by atoms with Gasteiger partial charge in [0, 0.05) is 32.2 Å². The topological polar surface area (TPSA) is 41.6 Å². The van der Waals surface area contributed by atoms with E-state index in [1.54, 1.807) is 0 Å². The van der Waals surface area contributed by atoms with Crippen LogP contribution in [-0.2, 0) is 16.0 Å². The fourth-order valence-corrected chi connectivity index (χ4v) is 3.02. The zero-order valence-electron chi connectivity index (χ0n) is 14.1. The van der Waals surface area contributed by atoms with E-state index in [2.05, 4.69) is 40.5 Å². The van der Waals surface area contributed by atoms with Gasteiger partial charge in [0.2, 0.25) is 5.91 Å². The standard InChI is InChI=1S/C20H24N2O2/c1-16(23)21-19-9-7-18(8-10-19)20-15-22(13-14-24-20)12-11-17-5-3-2-4-6-17/h2-10,20H,11-15H2,1H3,(H,21,23)/t20-/m1/s1. The summed E-state index contributed by atoms with van der Waals surface area (Å²) in [6.07, 6.45) is 1.16. The van der Waals surface area contributed by atoms with Crippen LogP contribution < -0.4 is 5.32 Å². The molecule has 1 fully saturated rings. The van der Waals surface area contributed by atoms with Gasteiger partial charge in [-0.1, -0.05) is 42.5 Å². The number of amides is 1. The van der Waals surface area contributed by atoms with Crippen molar-refractivity contribution < 1.29 is 9.53 Å². The zero-order chi connectivity index (χ0) is 16.8. The molecule has 4 heteroatoms. The highest BCUT2D eigenvalue weighted by molar-refractivity contribution is 5.88. The van der Waals surface area contributed by atoms with Crippen molar-refractivity contribution in [3.8, 4) is 0 Å².